The molecule has 1 aliphatic heterocycles. The summed E-state index contributed by atoms with van der Waals surface area (Å²) in [4.78, 5) is 16.2. The van der Waals surface area contributed by atoms with Crippen LogP contribution in [0.2, 0.25) is 0 Å². The van der Waals surface area contributed by atoms with Gasteiger partial charge >= 0.3 is 0 Å². The van der Waals surface area contributed by atoms with Crippen LogP contribution in [0, 0.1) is 0 Å². The number of nitrogens with two attached hydrogens (primary N) is 1. The Kier molecular flexibility index (Phi) is 7.23. The second-order valence-corrected chi connectivity index (χ2v) is 4.89. The zero-order chi connectivity index (χ0) is 13.4. The molecule has 18 heavy (non-hydrogen) atoms. The van der Waals surface area contributed by atoms with Gasteiger partial charge in [0.1, 0.15) is 6.10 Å². The highest BCUT2D eigenvalue weighted by molar-refractivity contribution is 5.80. The summed E-state index contributed by atoms with van der Waals surface area (Å²) in [5.41, 5.74) is 5.47. The molecule has 1 amide bonds. The molecule has 0 spiro atoms. The maximum absolute atomic E-state index is 11.9. The van der Waals surface area contributed by atoms with Crippen LogP contribution in [-0.4, -0.2) is 68.2 Å². The van der Waals surface area contributed by atoms with Gasteiger partial charge in [-0.15, -0.1) is 0 Å². The number of ether oxygens (including phenoxy) is 1. The highest BCUT2D eigenvalue weighted by Crippen LogP contribution is 2.07. The van der Waals surface area contributed by atoms with Crippen molar-refractivity contribution in [1.82, 2.24) is 9.80 Å². The molecule has 5 nitrogen and oxygen atoms in total. The molecule has 1 aliphatic rings. The molecule has 1 heterocycles. The van der Waals surface area contributed by atoms with Crippen LogP contribution < -0.4 is 5.73 Å². The number of rotatable bonds is 7. The fraction of sp³-hybridized carbons (Fsp3) is 0.923. The van der Waals surface area contributed by atoms with Gasteiger partial charge in [0, 0.05) is 33.3 Å². The van der Waals surface area contributed by atoms with Crippen LogP contribution >= 0.6 is 0 Å². The van der Waals surface area contributed by atoms with E-state index in [4.69, 9.17) is 10.5 Å². The minimum absolute atomic E-state index is 0.111. The molecule has 0 bridgehead atoms. The van der Waals surface area contributed by atoms with E-state index in [0.29, 0.717) is 0 Å². The predicted octanol–water partition coefficient (Wildman–Crippen LogP) is 0.295. The largest absolute Gasteiger partial charge is 0.372 e. The summed E-state index contributed by atoms with van der Waals surface area (Å²) in [6.45, 7) is 7.32. The van der Waals surface area contributed by atoms with E-state index in [1.54, 1.807) is 7.11 Å². The van der Waals surface area contributed by atoms with E-state index in [2.05, 4.69) is 4.90 Å². The lowest BCUT2D eigenvalue weighted by Gasteiger charge is -2.35. The van der Waals surface area contributed by atoms with Crippen molar-refractivity contribution in [1.29, 1.82) is 0 Å². The van der Waals surface area contributed by atoms with Crippen LogP contribution in [-0.2, 0) is 9.53 Å². The van der Waals surface area contributed by atoms with Crippen LogP contribution in [0.25, 0.3) is 0 Å². The Morgan fingerprint density at radius 1 is 1.22 bits per heavy atom. The van der Waals surface area contributed by atoms with Crippen LogP contribution in [0.15, 0.2) is 0 Å². The number of hydrogen-bond acceptors (Lipinski definition) is 4. The quantitative estimate of drug-likeness (QED) is 0.666. The molecule has 2 N–H and O–H groups in total. The number of unbranched alkanes of at least 4 members (excludes halogenated alkanes) is 2. The van der Waals surface area contributed by atoms with Gasteiger partial charge in [0.05, 0.1) is 0 Å². The first-order valence-corrected chi connectivity index (χ1v) is 6.93. The smallest absolute Gasteiger partial charge is 0.251 e. The molecular weight excluding hydrogens is 230 g/mol. The van der Waals surface area contributed by atoms with Gasteiger partial charge in [0.25, 0.3) is 5.91 Å². The van der Waals surface area contributed by atoms with Gasteiger partial charge in [0.2, 0.25) is 0 Å². The van der Waals surface area contributed by atoms with E-state index in [-0.39, 0.29) is 12.0 Å². The van der Waals surface area contributed by atoms with Crippen LogP contribution in [0.4, 0.5) is 0 Å². The molecule has 1 fully saturated rings. The van der Waals surface area contributed by atoms with Crippen LogP contribution in [0.3, 0.4) is 0 Å². The lowest BCUT2D eigenvalue weighted by Crippen LogP contribution is -2.51. The summed E-state index contributed by atoms with van der Waals surface area (Å²) >= 11 is 0. The van der Waals surface area contributed by atoms with Crippen LogP contribution in [0.1, 0.15) is 26.2 Å². The molecule has 0 radical (unpaired) electrons. The van der Waals surface area contributed by atoms with Crippen molar-refractivity contribution in [3.05, 3.63) is 0 Å². The summed E-state index contributed by atoms with van der Waals surface area (Å²) in [5.74, 6) is 0.111. The predicted molar refractivity (Wildman–Crippen MR) is 72.4 cm³/mol. The molecule has 0 aliphatic carbocycles. The SMILES string of the molecule is COC(C)C(=O)N1CCN(CCCCCN)CC1. The van der Waals surface area contributed by atoms with Crippen molar-refractivity contribution in [3.8, 4) is 0 Å². The molecule has 106 valence electrons. The van der Waals surface area contributed by atoms with Gasteiger partial charge in [0.15, 0.2) is 0 Å². The fourth-order valence-corrected chi connectivity index (χ4v) is 2.21. The first-order chi connectivity index (χ1) is 8.69. The highest BCUT2D eigenvalue weighted by Gasteiger charge is 2.24. The highest BCUT2D eigenvalue weighted by atomic mass is 16.5. The lowest BCUT2D eigenvalue weighted by molar-refractivity contribution is -0.142. The number of carbonyl (C=O) groups excluding carboxylic acids is 1. The number of hydrogen-bond donors (Lipinski definition) is 1. The van der Waals surface area contributed by atoms with Gasteiger partial charge in [-0.05, 0) is 32.9 Å². The second kappa shape index (κ2) is 8.45. The zero-order valence-corrected chi connectivity index (χ0v) is 11.7. The maximum atomic E-state index is 11.9. The number of piperazine rings is 1. The van der Waals surface area contributed by atoms with Gasteiger partial charge in [-0.2, -0.15) is 0 Å². The third-order valence-electron chi connectivity index (χ3n) is 3.56. The van der Waals surface area contributed by atoms with Crippen molar-refractivity contribution >= 4 is 5.91 Å². The van der Waals surface area contributed by atoms with Gasteiger partial charge in [-0.3, -0.25) is 9.69 Å². The molecular formula is C13H27N3O2. The first kappa shape index (κ1) is 15.4. The maximum Gasteiger partial charge on any atom is 0.251 e. The molecule has 0 aromatic rings. The summed E-state index contributed by atoms with van der Waals surface area (Å²) in [6, 6.07) is 0. The fourth-order valence-electron chi connectivity index (χ4n) is 2.21. The molecule has 0 aromatic heterocycles. The molecule has 1 saturated heterocycles. The number of carbonyl (C=O) groups is 1. The summed E-state index contributed by atoms with van der Waals surface area (Å²) in [7, 11) is 1.58. The Morgan fingerprint density at radius 2 is 1.89 bits per heavy atom. The van der Waals surface area contributed by atoms with Crippen molar-refractivity contribution in [2.45, 2.75) is 32.3 Å². The monoisotopic (exact) mass is 257 g/mol. The van der Waals surface area contributed by atoms with Crippen molar-refractivity contribution < 1.29 is 9.53 Å². The minimum atomic E-state index is -0.318. The number of nitrogens with zero attached hydrogens (tertiary/aromatic N) is 2. The molecule has 1 rings (SSSR count). The average molecular weight is 257 g/mol. The van der Waals surface area contributed by atoms with E-state index >= 15 is 0 Å². The Labute approximate surface area is 110 Å². The van der Waals surface area contributed by atoms with E-state index < -0.39 is 0 Å². The summed E-state index contributed by atoms with van der Waals surface area (Å²) in [5, 5.41) is 0. The second-order valence-electron chi connectivity index (χ2n) is 4.89. The Hall–Kier alpha value is -0.650. The molecule has 0 saturated carbocycles. The van der Waals surface area contributed by atoms with Crippen molar-refractivity contribution in [2.24, 2.45) is 5.73 Å². The van der Waals surface area contributed by atoms with Gasteiger partial charge < -0.3 is 15.4 Å². The van der Waals surface area contributed by atoms with E-state index in [1.807, 2.05) is 11.8 Å². The minimum Gasteiger partial charge on any atom is -0.372 e. The standard InChI is InChI=1S/C13H27N3O2/c1-12(18-2)13(17)16-10-8-15(9-11-16)7-5-3-4-6-14/h12H,3-11,14H2,1-2H3. The molecule has 0 aromatic carbocycles. The number of amides is 1. The van der Waals surface area contributed by atoms with Gasteiger partial charge in [-0.25, -0.2) is 0 Å². The van der Waals surface area contributed by atoms with Crippen molar-refractivity contribution in [3.63, 3.8) is 0 Å². The number of methoxy groups -OCH3 is 1. The third-order valence-corrected chi connectivity index (χ3v) is 3.56. The average Bonchev–Trinajstić information content (AvgIpc) is 2.42. The molecule has 1 atom stereocenters. The Bertz CT molecular complexity index is 240. The van der Waals surface area contributed by atoms with Crippen LogP contribution in [0.5, 0.6) is 0 Å². The molecule has 1 unspecified atom stereocenters. The topological polar surface area (TPSA) is 58.8 Å². The summed E-state index contributed by atoms with van der Waals surface area (Å²) in [6.07, 6.45) is 3.21. The van der Waals surface area contributed by atoms with E-state index in [9.17, 15) is 4.79 Å². The van der Waals surface area contributed by atoms with Crippen molar-refractivity contribution in [2.75, 3.05) is 46.4 Å². The Balaban J connectivity index is 2.18. The van der Waals surface area contributed by atoms with E-state index in [0.717, 1.165) is 45.7 Å². The summed E-state index contributed by atoms with van der Waals surface area (Å²) < 4.78 is 5.07. The normalized spacial score (nSPS) is 18.9. The Morgan fingerprint density at radius 3 is 2.44 bits per heavy atom. The lowest BCUT2D eigenvalue weighted by atomic mass is 10.2. The first-order valence-electron chi connectivity index (χ1n) is 6.93. The van der Waals surface area contributed by atoms with Gasteiger partial charge in [-0.1, -0.05) is 6.42 Å². The molecule has 5 heteroatoms. The third kappa shape index (κ3) is 4.92. The zero-order valence-electron chi connectivity index (χ0n) is 11.7. The van der Waals surface area contributed by atoms with E-state index in [1.165, 1.54) is 12.8 Å².